The van der Waals surface area contributed by atoms with Crippen molar-refractivity contribution in [2.45, 2.75) is 45.4 Å². The number of carbonyl (C=O) groups is 1. The third kappa shape index (κ3) is 3.47. The largest absolute Gasteiger partial charge is 0.320 e. The molecule has 0 aliphatic carbocycles. The molecule has 1 aromatic heterocycles. The first-order valence-corrected chi connectivity index (χ1v) is 8.65. The maximum Gasteiger partial charge on any atom is 0.241 e. The minimum absolute atomic E-state index is 0.0187. The van der Waals surface area contributed by atoms with E-state index in [1.807, 2.05) is 4.90 Å². The van der Waals surface area contributed by atoms with E-state index >= 15 is 0 Å². The van der Waals surface area contributed by atoms with Crippen molar-refractivity contribution in [1.29, 1.82) is 0 Å². The van der Waals surface area contributed by atoms with Gasteiger partial charge in [-0.25, -0.2) is 0 Å². The second-order valence-corrected chi connectivity index (χ2v) is 7.07. The molecule has 21 heavy (non-hydrogen) atoms. The molecular weight excluding hydrogens is 282 g/mol. The standard InChI is InChI=1S/C16H27N3OS/c1-6-11(2)14-16(20)19(9-12(3)18(4)5)15(17-14)13-7-8-21-10-13/h7-8,10-12,14-15,17H,6,9H2,1-5H3. The molecule has 1 aliphatic rings. The number of likely N-dealkylation sites (N-methyl/N-ethyl adjacent to an activating group) is 1. The average molecular weight is 309 g/mol. The maximum absolute atomic E-state index is 12.8. The molecular formula is C16H27N3OS. The number of rotatable bonds is 6. The third-order valence-corrected chi connectivity index (χ3v) is 5.31. The molecule has 0 radical (unpaired) electrons. The minimum Gasteiger partial charge on any atom is -0.320 e. The summed E-state index contributed by atoms with van der Waals surface area (Å²) in [6, 6.07) is 2.39. The van der Waals surface area contributed by atoms with Crippen LogP contribution < -0.4 is 5.32 Å². The zero-order chi connectivity index (χ0) is 15.6. The molecule has 1 aromatic rings. The Morgan fingerprint density at radius 1 is 1.43 bits per heavy atom. The van der Waals surface area contributed by atoms with Crippen LogP contribution in [-0.2, 0) is 4.79 Å². The van der Waals surface area contributed by atoms with Crippen LogP contribution in [0, 0.1) is 5.92 Å². The summed E-state index contributed by atoms with van der Waals surface area (Å²) >= 11 is 1.68. The Morgan fingerprint density at radius 3 is 2.67 bits per heavy atom. The maximum atomic E-state index is 12.8. The Bertz CT molecular complexity index is 460. The Labute approximate surface area is 132 Å². The van der Waals surface area contributed by atoms with E-state index in [1.165, 1.54) is 5.56 Å². The molecule has 2 heterocycles. The number of thiophene rings is 1. The molecule has 1 saturated heterocycles. The molecule has 0 aromatic carbocycles. The predicted molar refractivity (Wildman–Crippen MR) is 88.3 cm³/mol. The first-order chi connectivity index (χ1) is 9.95. The molecule has 1 aliphatic heterocycles. The normalized spacial score (nSPS) is 25.6. The minimum atomic E-state index is -0.0609. The van der Waals surface area contributed by atoms with Crippen LogP contribution in [0.25, 0.3) is 0 Å². The first-order valence-electron chi connectivity index (χ1n) is 7.70. The summed E-state index contributed by atoms with van der Waals surface area (Å²) < 4.78 is 0. The van der Waals surface area contributed by atoms with Gasteiger partial charge in [-0.2, -0.15) is 11.3 Å². The molecule has 2 rings (SSSR count). The molecule has 5 heteroatoms. The monoisotopic (exact) mass is 309 g/mol. The van der Waals surface area contributed by atoms with Crippen LogP contribution >= 0.6 is 11.3 Å². The van der Waals surface area contributed by atoms with Crippen LogP contribution in [0.4, 0.5) is 0 Å². The van der Waals surface area contributed by atoms with Crippen molar-refractivity contribution in [2.24, 2.45) is 5.92 Å². The van der Waals surface area contributed by atoms with Gasteiger partial charge in [-0.3, -0.25) is 10.1 Å². The summed E-state index contributed by atoms with van der Waals surface area (Å²) in [6.45, 7) is 7.21. The summed E-state index contributed by atoms with van der Waals surface area (Å²) in [4.78, 5) is 17.0. The highest BCUT2D eigenvalue weighted by Crippen LogP contribution is 2.30. The number of hydrogen-bond donors (Lipinski definition) is 1. The Hall–Kier alpha value is -0.910. The van der Waals surface area contributed by atoms with Gasteiger partial charge in [-0.1, -0.05) is 20.3 Å². The lowest BCUT2D eigenvalue weighted by molar-refractivity contribution is -0.131. The Balaban J connectivity index is 2.22. The van der Waals surface area contributed by atoms with Gasteiger partial charge in [-0.15, -0.1) is 0 Å². The van der Waals surface area contributed by atoms with Gasteiger partial charge in [0.15, 0.2) is 0 Å². The molecule has 1 N–H and O–H groups in total. The molecule has 118 valence electrons. The van der Waals surface area contributed by atoms with Crippen LogP contribution in [0.3, 0.4) is 0 Å². The Morgan fingerprint density at radius 2 is 2.14 bits per heavy atom. The van der Waals surface area contributed by atoms with Crippen molar-refractivity contribution in [3.63, 3.8) is 0 Å². The molecule has 4 nitrogen and oxygen atoms in total. The SMILES string of the molecule is CCC(C)C1NC(c2ccsc2)N(CC(C)N(C)C)C1=O. The van der Waals surface area contributed by atoms with E-state index in [-0.39, 0.29) is 18.1 Å². The first kappa shape index (κ1) is 16.5. The fourth-order valence-electron chi connectivity index (χ4n) is 2.63. The van der Waals surface area contributed by atoms with Gasteiger partial charge in [0.2, 0.25) is 5.91 Å². The van der Waals surface area contributed by atoms with Crippen LogP contribution in [0.2, 0.25) is 0 Å². The van der Waals surface area contributed by atoms with Gasteiger partial charge in [0.1, 0.15) is 6.17 Å². The van der Waals surface area contributed by atoms with Gasteiger partial charge in [-0.05, 0) is 49.3 Å². The lowest BCUT2D eigenvalue weighted by Crippen LogP contribution is -2.42. The van der Waals surface area contributed by atoms with E-state index in [1.54, 1.807) is 11.3 Å². The van der Waals surface area contributed by atoms with E-state index in [9.17, 15) is 4.79 Å². The average Bonchev–Trinajstić information content (AvgIpc) is 3.07. The summed E-state index contributed by atoms with van der Waals surface area (Å²) in [5.41, 5.74) is 1.20. The highest BCUT2D eigenvalue weighted by molar-refractivity contribution is 7.07. The van der Waals surface area contributed by atoms with Gasteiger partial charge in [0.25, 0.3) is 0 Å². The third-order valence-electron chi connectivity index (χ3n) is 4.61. The van der Waals surface area contributed by atoms with Crippen molar-refractivity contribution >= 4 is 17.2 Å². The summed E-state index contributed by atoms with van der Waals surface area (Å²) in [7, 11) is 4.12. The lowest BCUT2D eigenvalue weighted by Gasteiger charge is -2.29. The smallest absolute Gasteiger partial charge is 0.241 e. The second kappa shape index (κ2) is 6.90. The van der Waals surface area contributed by atoms with E-state index < -0.39 is 0 Å². The summed E-state index contributed by atoms with van der Waals surface area (Å²) in [5, 5.41) is 7.76. The summed E-state index contributed by atoms with van der Waals surface area (Å²) in [6.07, 6.45) is 1.03. The van der Waals surface area contributed by atoms with Crippen LogP contribution in [0.15, 0.2) is 16.8 Å². The number of hydrogen-bond acceptors (Lipinski definition) is 4. The lowest BCUT2D eigenvalue weighted by atomic mass is 9.99. The fraction of sp³-hybridized carbons (Fsp3) is 0.688. The highest BCUT2D eigenvalue weighted by atomic mass is 32.1. The van der Waals surface area contributed by atoms with Crippen molar-refractivity contribution in [3.05, 3.63) is 22.4 Å². The predicted octanol–water partition coefficient (Wildman–Crippen LogP) is 2.54. The van der Waals surface area contributed by atoms with Crippen molar-refractivity contribution in [1.82, 2.24) is 15.1 Å². The quantitative estimate of drug-likeness (QED) is 0.877. The van der Waals surface area contributed by atoms with E-state index in [0.717, 1.165) is 13.0 Å². The van der Waals surface area contributed by atoms with Crippen molar-refractivity contribution < 1.29 is 4.79 Å². The Kier molecular flexibility index (Phi) is 5.41. The molecule has 0 bridgehead atoms. The van der Waals surface area contributed by atoms with Crippen LogP contribution in [-0.4, -0.2) is 48.4 Å². The van der Waals surface area contributed by atoms with Crippen molar-refractivity contribution in [3.8, 4) is 0 Å². The number of carbonyl (C=O) groups excluding carboxylic acids is 1. The van der Waals surface area contributed by atoms with Gasteiger partial charge in [0.05, 0.1) is 6.04 Å². The highest BCUT2D eigenvalue weighted by Gasteiger charge is 2.42. The van der Waals surface area contributed by atoms with Crippen LogP contribution in [0.1, 0.15) is 38.9 Å². The molecule has 0 saturated carbocycles. The molecule has 0 spiro atoms. The zero-order valence-corrected chi connectivity index (χ0v) is 14.5. The number of nitrogens with one attached hydrogen (secondary N) is 1. The topological polar surface area (TPSA) is 35.6 Å². The fourth-order valence-corrected chi connectivity index (χ4v) is 3.31. The molecule has 1 amide bonds. The summed E-state index contributed by atoms with van der Waals surface area (Å²) in [5.74, 6) is 0.604. The van der Waals surface area contributed by atoms with E-state index in [2.05, 4.69) is 61.9 Å². The number of nitrogens with zero attached hydrogens (tertiary/aromatic N) is 2. The second-order valence-electron chi connectivity index (χ2n) is 6.29. The molecule has 1 fully saturated rings. The van der Waals surface area contributed by atoms with Gasteiger partial charge >= 0.3 is 0 Å². The molecule has 4 atom stereocenters. The van der Waals surface area contributed by atoms with Gasteiger partial charge in [0, 0.05) is 12.6 Å². The van der Waals surface area contributed by atoms with Crippen LogP contribution in [0.5, 0.6) is 0 Å². The van der Waals surface area contributed by atoms with E-state index in [0.29, 0.717) is 12.0 Å². The van der Waals surface area contributed by atoms with Gasteiger partial charge < -0.3 is 9.80 Å². The molecule has 4 unspecified atom stereocenters. The zero-order valence-electron chi connectivity index (χ0n) is 13.7. The van der Waals surface area contributed by atoms with Crippen molar-refractivity contribution in [2.75, 3.05) is 20.6 Å². The number of amides is 1. The van der Waals surface area contributed by atoms with E-state index in [4.69, 9.17) is 0 Å².